The van der Waals surface area contributed by atoms with E-state index in [1.165, 1.54) is 13.2 Å². The number of alkyl carbamates (subject to hydrolysis) is 1. The third-order valence-corrected chi connectivity index (χ3v) is 2.91. The lowest BCUT2D eigenvalue weighted by Crippen LogP contribution is -2.42. The van der Waals surface area contributed by atoms with Crippen LogP contribution in [0.1, 0.15) is 47.5 Å². The predicted molar refractivity (Wildman–Crippen MR) is 83.4 cm³/mol. The number of methoxy groups -OCH3 is 1. The van der Waals surface area contributed by atoms with E-state index in [-0.39, 0.29) is 18.1 Å². The van der Waals surface area contributed by atoms with Crippen LogP contribution in [0.2, 0.25) is 0 Å². The van der Waals surface area contributed by atoms with Crippen molar-refractivity contribution in [2.75, 3.05) is 7.11 Å². The molecule has 6 heteroatoms. The highest BCUT2D eigenvalue weighted by molar-refractivity contribution is 5.87. The van der Waals surface area contributed by atoms with Crippen molar-refractivity contribution in [3.05, 3.63) is 12.2 Å². The molecule has 6 nitrogen and oxygen atoms in total. The highest BCUT2D eigenvalue weighted by atomic mass is 16.6. The number of allylic oxidation sites excluding steroid dienone is 1. The molecule has 0 aromatic rings. The van der Waals surface area contributed by atoms with Crippen LogP contribution in [0.15, 0.2) is 12.2 Å². The van der Waals surface area contributed by atoms with Crippen LogP contribution in [0.25, 0.3) is 0 Å². The molecule has 0 fully saturated rings. The van der Waals surface area contributed by atoms with Crippen molar-refractivity contribution in [2.45, 2.75) is 59.1 Å². The van der Waals surface area contributed by atoms with Gasteiger partial charge in [0.25, 0.3) is 0 Å². The molecule has 0 saturated heterocycles. The maximum absolute atomic E-state index is 12.1. The molecule has 0 aromatic carbocycles. The first kappa shape index (κ1) is 20.1. The minimum absolute atomic E-state index is 0.0745. The van der Waals surface area contributed by atoms with E-state index < -0.39 is 23.7 Å². The summed E-state index contributed by atoms with van der Waals surface area (Å²) in [4.78, 5) is 34.8. The van der Waals surface area contributed by atoms with Gasteiger partial charge in [0.1, 0.15) is 5.60 Å². The first-order chi connectivity index (χ1) is 10.1. The zero-order valence-electron chi connectivity index (χ0n) is 14.3. The van der Waals surface area contributed by atoms with Crippen LogP contribution in [0.5, 0.6) is 0 Å². The molecule has 2 atom stereocenters. The Balaban J connectivity index is 4.46. The highest BCUT2D eigenvalue weighted by Gasteiger charge is 2.22. The van der Waals surface area contributed by atoms with Crippen molar-refractivity contribution in [2.24, 2.45) is 5.92 Å². The van der Waals surface area contributed by atoms with E-state index in [2.05, 4.69) is 10.1 Å². The Hall–Kier alpha value is -1.85. The SMILES string of the molecule is CC[C@@H](/C=C/C(=O)OC)CC(=O)[C@H](C)NC(=O)OC(C)(C)C. The lowest BCUT2D eigenvalue weighted by molar-refractivity contribution is -0.135. The van der Waals surface area contributed by atoms with Gasteiger partial charge in [0.2, 0.25) is 0 Å². The molecule has 0 rings (SSSR count). The second kappa shape index (κ2) is 9.23. The molecule has 1 N–H and O–H groups in total. The number of rotatable bonds is 7. The molecule has 0 aliphatic rings. The van der Waals surface area contributed by atoms with Gasteiger partial charge < -0.3 is 14.8 Å². The van der Waals surface area contributed by atoms with E-state index in [4.69, 9.17) is 4.74 Å². The van der Waals surface area contributed by atoms with Gasteiger partial charge in [-0.25, -0.2) is 9.59 Å². The van der Waals surface area contributed by atoms with Crippen LogP contribution in [-0.4, -0.2) is 36.6 Å². The normalized spacial score (nSPS) is 14.3. The smallest absolute Gasteiger partial charge is 0.408 e. The monoisotopic (exact) mass is 313 g/mol. The molecular weight excluding hydrogens is 286 g/mol. The second-order valence-electron chi connectivity index (χ2n) is 6.09. The summed E-state index contributed by atoms with van der Waals surface area (Å²) in [6.07, 6.45) is 3.29. The molecular formula is C16H27NO5. The van der Waals surface area contributed by atoms with Crippen molar-refractivity contribution in [3.8, 4) is 0 Å². The first-order valence-electron chi connectivity index (χ1n) is 7.37. The highest BCUT2D eigenvalue weighted by Crippen LogP contribution is 2.13. The molecule has 0 bridgehead atoms. The van der Waals surface area contributed by atoms with Gasteiger partial charge in [0, 0.05) is 12.5 Å². The number of carbonyl (C=O) groups excluding carboxylic acids is 3. The number of hydrogen-bond acceptors (Lipinski definition) is 5. The van der Waals surface area contributed by atoms with Crippen molar-refractivity contribution in [3.63, 3.8) is 0 Å². The van der Waals surface area contributed by atoms with Crippen LogP contribution in [0, 0.1) is 5.92 Å². The predicted octanol–water partition coefficient (Wildman–Crippen LogP) is 2.61. The van der Waals surface area contributed by atoms with Gasteiger partial charge in [-0.1, -0.05) is 13.0 Å². The van der Waals surface area contributed by atoms with Gasteiger partial charge in [-0.3, -0.25) is 4.79 Å². The average molecular weight is 313 g/mol. The van der Waals surface area contributed by atoms with E-state index in [0.29, 0.717) is 6.42 Å². The number of nitrogens with one attached hydrogen (secondary N) is 1. The average Bonchev–Trinajstić information content (AvgIpc) is 2.40. The topological polar surface area (TPSA) is 81.7 Å². The van der Waals surface area contributed by atoms with Crippen molar-refractivity contribution >= 4 is 17.8 Å². The van der Waals surface area contributed by atoms with Crippen LogP contribution < -0.4 is 5.32 Å². The molecule has 0 heterocycles. The van der Waals surface area contributed by atoms with Gasteiger partial charge >= 0.3 is 12.1 Å². The van der Waals surface area contributed by atoms with Gasteiger partial charge in [-0.05, 0) is 40.0 Å². The fraction of sp³-hybridized carbons (Fsp3) is 0.688. The first-order valence-corrected chi connectivity index (χ1v) is 7.37. The van der Waals surface area contributed by atoms with Crippen LogP contribution in [0.4, 0.5) is 4.79 Å². The molecule has 0 aromatic heterocycles. The van der Waals surface area contributed by atoms with E-state index in [0.717, 1.165) is 0 Å². The summed E-state index contributed by atoms with van der Waals surface area (Å²) < 4.78 is 9.62. The summed E-state index contributed by atoms with van der Waals surface area (Å²) in [6.45, 7) is 8.80. The van der Waals surface area contributed by atoms with Gasteiger partial charge in [0.05, 0.1) is 13.2 Å². The fourth-order valence-corrected chi connectivity index (χ4v) is 1.63. The van der Waals surface area contributed by atoms with Crippen molar-refractivity contribution in [1.82, 2.24) is 5.32 Å². The standard InChI is InChI=1S/C16H27NO5/c1-7-12(8-9-14(19)21-6)10-13(18)11(2)17-15(20)22-16(3,4)5/h8-9,11-12H,7,10H2,1-6H3,(H,17,20)/b9-8+/t11-,12-/m0/s1. The lowest BCUT2D eigenvalue weighted by atomic mass is 9.96. The van der Waals surface area contributed by atoms with E-state index in [1.54, 1.807) is 33.8 Å². The largest absolute Gasteiger partial charge is 0.466 e. The van der Waals surface area contributed by atoms with Gasteiger partial charge in [0.15, 0.2) is 5.78 Å². The molecule has 1 amide bonds. The Bertz CT molecular complexity index is 423. The number of Topliss-reactive ketones (excluding diaryl/α,β-unsaturated/α-hetero) is 1. The Morgan fingerprint density at radius 3 is 2.27 bits per heavy atom. The van der Waals surface area contributed by atoms with E-state index in [9.17, 15) is 14.4 Å². The Kier molecular flexibility index (Phi) is 8.45. The number of ketones is 1. The van der Waals surface area contributed by atoms with E-state index >= 15 is 0 Å². The van der Waals surface area contributed by atoms with Crippen molar-refractivity contribution in [1.29, 1.82) is 0 Å². The third kappa shape index (κ3) is 9.15. The minimum atomic E-state index is -0.643. The van der Waals surface area contributed by atoms with Crippen molar-refractivity contribution < 1.29 is 23.9 Å². The molecule has 22 heavy (non-hydrogen) atoms. The quantitative estimate of drug-likeness (QED) is 0.577. The summed E-state index contributed by atoms with van der Waals surface area (Å²) in [5.41, 5.74) is -0.609. The third-order valence-electron chi connectivity index (χ3n) is 2.91. The van der Waals surface area contributed by atoms with Gasteiger partial charge in [-0.15, -0.1) is 0 Å². The summed E-state index contributed by atoms with van der Waals surface area (Å²) in [6, 6.07) is -0.643. The molecule has 0 saturated carbocycles. The number of hydrogen-bond donors (Lipinski definition) is 1. The molecule has 0 unspecified atom stereocenters. The second-order valence-corrected chi connectivity index (χ2v) is 6.09. The van der Waals surface area contributed by atoms with Crippen LogP contribution >= 0.6 is 0 Å². The zero-order chi connectivity index (χ0) is 17.3. The number of ether oxygens (including phenoxy) is 2. The number of amides is 1. The van der Waals surface area contributed by atoms with Crippen LogP contribution in [-0.2, 0) is 19.1 Å². The lowest BCUT2D eigenvalue weighted by Gasteiger charge is -2.22. The van der Waals surface area contributed by atoms with Gasteiger partial charge in [-0.2, -0.15) is 0 Å². The summed E-state index contributed by atoms with van der Waals surface area (Å²) in [7, 11) is 1.30. The number of carbonyl (C=O) groups is 3. The molecule has 0 aliphatic heterocycles. The summed E-state index contributed by atoms with van der Waals surface area (Å²) in [5, 5.41) is 2.52. The Morgan fingerprint density at radius 1 is 1.23 bits per heavy atom. The maximum Gasteiger partial charge on any atom is 0.408 e. The fourth-order valence-electron chi connectivity index (χ4n) is 1.63. The Labute approximate surface area is 132 Å². The number of esters is 1. The molecule has 126 valence electrons. The Morgan fingerprint density at radius 2 is 1.82 bits per heavy atom. The molecule has 0 spiro atoms. The zero-order valence-corrected chi connectivity index (χ0v) is 14.3. The molecule has 0 radical (unpaired) electrons. The summed E-state index contributed by atoms with van der Waals surface area (Å²) in [5.74, 6) is -0.646. The summed E-state index contributed by atoms with van der Waals surface area (Å²) >= 11 is 0. The van der Waals surface area contributed by atoms with E-state index in [1.807, 2.05) is 6.92 Å². The van der Waals surface area contributed by atoms with Crippen LogP contribution in [0.3, 0.4) is 0 Å². The minimum Gasteiger partial charge on any atom is -0.466 e. The maximum atomic E-state index is 12.1. The molecule has 0 aliphatic carbocycles.